The fraction of sp³-hybridized carbons (Fsp3) is 0.594. The normalized spacial score (nSPS) is 20.6. The molecular formula is C32H42F3N7O. The fourth-order valence-electron chi connectivity index (χ4n) is 6.95. The van der Waals surface area contributed by atoms with Crippen molar-refractivity contribution in [3.05, 3.63) is 53.5 Å². The molecule has 0 bridgehead atoms. The highest BCUT2D eigenvalue weighted by Gasteiger charge is 2.44. The Labute approximate surface area is 251 Å². The predicted molar refractivity (Wildman–Crippen MR) is 161 cm³/mol. The van der Waals surface area contributed by atoms with Gasteiger partial charge in [-0.1, -0.05) is 19.9 Å². The highest BCUT2D eigenvalue weighted by Crippen LogP contribution is 2.40. The van der Waals surface area contributed by atoms with Crippen molar-refractivity contribution in [1.82, 2.24) is 29.5 Å². The molecule has 0 saturated carbocycles. The number of halogens is 3. The molecule has 3 aromatic rings. The van der Waals surface area contributed by atoms with Crippen LogP contribution in [0.5, 0.6) is 0 Å². The van der Waals surface area contributed by atoms with E-state index in [0.717, 1.165) is 61.6 Å². The van der Waals surface area contributed by atoms with E-state index in [0.29, 0.717) is 17.1 Å². The van der Waals surface area contributed by atoms with Gasteiger partial charge in [0.2, 0.25) is 0 Å². The Hall–Kier alpha value is -3.02. The molecule has 0 aliphatic carbocycles. The van der Waals surface area contributed by atoms with Crippen molar-refractivity contribution in [2.45, 2.75) is 57.7 Å². The van der Waals surface area contributed by atoms with Gasteiger partial charge in [-0.2, -0.15) is 18.3 Å². The number of nitrogens with zero attached hydrogens (tertiary/aromatic N) is 6. The van der Waals surface area contributed by atoms with E-state index in [1.54, 1.807) is 0 Å². The minimum Gasteiger partial charge on any atom is -0.320 e. The van der Waals surface area contributed by atoms with Crippen LogP contribution in [0.2, 0.25) is 0 Å². The number of aromatic nitrogens is 3. The zero-order valence-electron chi connectivity index (χ0n) is 25.3. The molecule has 3 aliphatic heterocycles. The molecule has 1 N–H and O–H groups in total. The number of carbonyl (C=O) groups is 1. The molecule has 1 spiro atoms. The Balaban J connectivity index is 1.06. The van der Waals surface area contributed by atoms with Gasteiger partial charge < -0.3 is 20.0 Å². The number of hydrogen-bond acceptors (Lipinski definition) is 6. The predicted octanol–water partition coefficient (Wildman–Crippen LogP) is 5.49. The Kier molecular flexibility index (Phi) is 8.25. The second-order valence-corrected chi connectivity index (χ2v) is 13.2. The van der Waals surface area contributed by atoms with Crippen LogP contribution < -0.4 is 5.32 Å². The molecule has 3 saturated heterocycles. The Morgan fingerprint density at radius 3 is 2.42 bits per heavy atom. The maximum atomic E-state index is 13.1. The molecular weight excluding hydrogens is 555 g/mol. The number of likely N-dealkylation sites (tertiary alicyclic amines) is 3. The number of pyridine rings is 1. The number of carbonyl (C=O) groups excluding carboxylic acids is 1. The SMILES string of the molecule is CC(C)c1cc2nn(C3CCN(CCN4CC5(CCN(C)CC5)C4)CC3)cc2cc1NC(=O)c1cccc(C(F)(F)F)n1. The number of hydrogen-bond donors (Lipinski definition) is 1. The first-order chi connectivity index (χ1) is 20.5. The van der Waals surface area contributed by atoms with E-state index in [-0.39, 0.29) is 11.6 Å². The standard InChI is InChI=1S/C32H42F3N7O/c1-22(2)25-18-27-23(17-28(25)37-30(43)26-5-4-6-29(36-26)32(33,34)35)19-42(38-27)24-7-11-40(12-8-24)15-16-41-20-31(21-41)9-13-39(3)14-10-31/h4-6,17-19,22,24H,7-16,20-21H2,1-3H3,(H,37,43). The molecule has 5 heterocycles. The third-order valence-corrected chi connectivity index (χ3v) is 9.67. The lowest BCUT2D eigenvalue weighted by Gasteiger charge is -2.54. The molecule has 6 rings (SSSR count). The van der Waals surface area contributed by atoms with Gasteiger partial charge in [-0.15, -0.1) is 0 Å². The molecule has 0 atom stereocenters. The molecule has 3 aliphatic rings. The van der Waals surface area contributed by atoms with Crippen molar-refractivity contribution in [3.63, 3.8) is 0 Å². The Morgan fingerprint density at radius 2 is 1.74 bits per heavy atom. The van der Waals surface area contributed by atoms with Crippen molar-refractivity contribution in [2.24, 2.45) is 5.41 Å². The van der Waals surface area contributed by atoms with Crippen LogP contribution in [0, 0.1) is 5.41 Å². The summed E-state index contributed by atoms with van der Waals surface area (Å²) in [5.74, 6) is -0.602. The Bertz CT molecular complexity index is 1440. The minimum absolute atomic E-state index is 0.0725. The van der Waals surface area contributed by atoms with Crippen LogP contribution in [-0.4, -0.2) is 94.8 Å². The molecule has 1 amide bonds. The smallest absolute Gasteiger partial charge is 0.320 e. The molecule has 43 heavy (non-hydrogen) atoms. The van der Waals surface area contributed by atoms with E-state index in [4.69, 9.17) is 5.10 Å². The van der Waals surface area contributed by atoms with Crippen LogP contribution in [0.4, 0.5) is 18.9 Å². The quantitative estimate of drug-likeness (QED) is 0.389. The van der Waals surface area contributed by atoms with Gasteiger partial charge in [-0.25, -0.2) is 4.98 Å². The molecule has 1 aromatic carbocycles. The zero-order chi connectivity index (χ0) is 30.4. The first-order valence-electron chi connectivity index (χ1n) is 15.5. The van der Waals surface area contributed by atoms with Gasteiger partial charge in [-0.05, 0) is 87.0 Å². The van der Waals surface area contributed by atoms with E-state index < -0.39 is 17.8 Å². The lowest BCUT2D eigenvalue weighted by Crippen LogP contribution is -2.61. The number of amides is 1. The molecule has 0 unspecified atom stereocenters. The number of nitrogens with one attached hydrogen (secondary N) is 1. The van der Waals surface area contributed by atoms with Crippen LogP contribution in [-0.2, 0) is 6.18 Å². The summed E-state index contributed by atoms with van der Waals surface area (Å²) in [4.78, 5) is 24.1. The van der Waals surface area contributed by atoms with Gasteiger partial charge in [0.05, 0.1) is 11.6 Å². The average Bonchev–Trinajstić information content (AvgIpc) is 3.38. The first kappa shape index (κ1) is 30.0. The number of benzene rings is 1. The van der Waals surface area contributed by atoms with Crippen molar-refractivity contribution >= 4 is 22.5 Å². The van der Waals surface area contributed by atoms with E-state index in [1.807, 2.05) is 32.2 Å². The van der Waals surface area contributed by atoms with Gasteiger partial charge in [0.1, 0.15) is 11.4 Å². The largest absolute Gasteiger partial charge is 0.433 e. The van der Waals surface area contributed by atoms with Crippen LogP contribution >= 0.6 is 0 Å². The summed E-state index contributed by atoms with van der Waals surface area (Å²) in [7, 11) is 2.23. The number of piperidine rings is 2. The second-order valence-electron chi connectivity index (χ2n) is 13.2. The van der Waals surface area contributed by atoms with Gasteiger partial charge >= 0.3 is 6.18 Å². The van der Waals surface area contributed by atoms with Gasteiger partial charge in [0.25, 0.3) is 5.91 Å². The topological polar surface area (TPSA) is 69.5 Å². The number of fused-ring (bicyclic) bond motifs is 1. The summed E-state index contributed by atoms with van der Waals surface area (Å²) in [6, 6.07) is 7.51. The highest BCUT2D eigenvalue weighted by molar-refractivity contribution is 6.04. The maximum Gasteiger partial charge on any atom is 0.433 e. The van der Waals surface area contributed by atoms with E-state index in [1.165, 1.54) is 51.2 Å². The van der Waals surface area contributed by atoms with Gasteiger partial charge in [-0.3, -0.25) is 9.48 Å². The summed E-state index contributed by atoms with van der Waals surface area (Å²) in [6.45, 7) is 13.4. The summed E-state index contributed by atoms with van der Waals surface area (Å²) in [6.07, 6.45) is 2.15. The van der Waals surface area contributed by atoms with E-state index >= 15 is 0 Å². The van der Waals surface area contributed by atoms with E-state index in [9.17, 15) is 18.0 Å². The first-order valence-corrected chi connectivity index (χ1v) is 15.5. The molecule has 2 aromatic heterocycles. The summed E-state index contributed by atoms with van der Waals surface area (Å²) in [5, 5.41) is 8.61. The van der Waals surface area contributed by atoms with Crippen molar-refractivity contribution in [3.8, 4) is 0 Å². The van der Waals surface area contributed by atoms with Gasteiger partial charge in [0.15, 0.2) is 0 Å². The lowest BCUT2D eigenvalue weighted by molar-refractivity contribution is -0.141. The van der Waals surface area contributed by atoms with Crippen LogP contribution in [0.25, 0.3) is 10.9 Å². The van der Waals surface area contributed by atoms with Crippen molar-refractivity contribution in [1.29, 1.82) is 0 Å². The van der Waals surface area contributed by atoms with Crippen LogP contribution in [0.3, 0.4) is 0 Å². The lowest BCUT2D eigenvalue weighted by atomic mass is 9.72. The van der Waals surface area contributed by atoms with Gasteiger partial charge in [0, 0.05) is 56.5 Å². The third kappa shape index (κ3) is 6.58. The number of alkyl halides is 3. The van der Waals surface area contributed by atoms with Crippen LogP contribution in [0.1, 0.15) is 73.2 Å². The highest BCUT2D eigenvalue weighted by atomic mass is 19.4. The third-order valence-electron chi connectivity index (χ3n) is 9.67. The monoisotopic (exact) mass is 597 g/mol. The summed E-state index contributed by atoms with van der Waals surface area (Å²) in [5.41, 5.74) is 1.50. The fourth-order valence-corrected chi connectivity index (χ4v) is 6.95. The van der Waals surface area contributed by atoms with Crippen molar-refractivity contribution in [2.75, 3.05) is 64.7 Å². The minimum atomic E-state index is -4.62. The van der Waals surface area contributed by atoms with Crippen molar-refractivity contribution < 1.29 is 18.0 Å². The summed E-state index contributed by atoms with van der Waals surface area (Å²) < 4.78 is 41.5. The van der Waals surface area contributed by atoms with Crippen LogP contribution in [0.15, 0.2) is 36.5 Å². The second kappa shape index (κ2) is 11.8. The van der Waals surface area contributed by atoms with E-state index in [2.05, 4.69) is 36.7 Å². The molecule has 232 valence electrons. The zero-order valence-corrected chi connectivity index (χ0v) is 25.3. The molecule has 0 radical (unpaired) electrons. The molecule has 11 heteroatoms. The maximum absolute atomic E-state index is 13.1. The number of rotatable bonds is 7. The Morgan fingerprint density at radius 1 is 1.05 bits per heavy atom. The molecule has 3 fully saturated rings. The number of anilines is 1. The molecule has 8 nitrogen and oxygen atoms in total. The average molecular weight is 598 g/mol. The summed E-state index contributed by atoms with van der Waals surface area (Å²) >= 11 is 0.